The van der Waals surface area contributed by atoms with E-state index in [1.54, 1.807) is 0 Å². The van der Waals surface area contributed by atoms with Gasteiger partial charge in [0.25, 0.3) is 0 Å². The van der Waals surface area contributed by atoms with Gasteiger partial charge < -0.3 is 4.84 Å². The third-order valence-corrected chi connectivity index (χ3v) is 4.14. The van der Waals surface area contributed by atoms with E-state index in [1.165, 1.54) is 6.42 Å². The van der Waals surface area contributed by atoms with Crippen LogP contribution in [0.4, 0.5) is 0 Å². The van der Waals surface area contributed by atoms with Crippen molar-refractivity contribution in [2.75, 3.05) is 13.6 Å². The molecule has 128 valence electrons. The van der Waals surface area contributed by atoms with Crippen LogP contribution in [0, 0.1) is 0 Å². The number of hydrogen-bond acceptors (Lipinski definition) is 3. The molecule has 1 aliphatic heterocycles. The highest BCUT2D eigenvalue weighted by Crippen LogP contribution is 2.20. The van der Waals surface area contributed by atoms with Crippen molar-refractivity contribution in [1.29, 1.82) is 0 Å². The molecule has 3 nitrogen and oxygen atoms in total. The molecule has 1 fully saturated rings. The summed E-state index contributed by atoms with van der Waals surface area (Å²) in [6.45, 7) is 5.63. The highest BCUT2D eigenvalue weighted by molar-refractivity contribution is 6.04. The molecule has 1 saturated heterocycles. The quantitative estimate of drug-likeness (QED) is 0.587. The minimum atomic E-state index is 0.346. The molecule has 24 heavy (non-hydrogen) atoms. The molecular formula is C21H28N2O. The molecule has 1 aliphatic rings. The molecule has 0 aromatic heterocycles. The number of likely N-dealkylation sites (N-methyl/N-ethyl adjacent to an activating group) is 1. The lowest BCUT2D eigenvalue weighted by Gasteiger charge is -2.21. The van der Waals surface area contributed by atoms with Gasteiger partial charge >= 0.3 is 0 Å². The van der Waals surface area contributed by atoms with Crippen LogP contribution in [0.1, 0.15) is 37.8 Å². The van der Waals surface area contributed by atoms with Gasteiger partial charge in [0.2, 0.25) is 0 Å². The Morgan fingerprint density at radius 3 is 2.25 bits per heavy atom. The lowest BCUT2D eigenvalue weighted by Crippen LogP contribution is -2.33. The van der Waals surface area contributed by atoms with Gasteiger partial charge in [0.15, 0.2) is 0 Å². The van der Waals surface area contributed by atoms with Crippen LogP contribution in [0.25, 0.3) is 0 Å². The predicted molar refractivity (Wildman–Crippen MR) is 101 cm³/mol. The molecule has 0 aliphatic carbocycles. The number of hydrogen-bond donors (Lipinski definition) is 0. The zero-order chi connectivity index (χ0) is 17.2. The van der Waals surface area contributed by atoms with Crippen LogP contribution in [-0.4, -0.2) is 30.2 Å². The zero-order valence-electron chi connectivity index (χ0n) is 15.0. The molecule has 2 aromatic rings. The molecular weight excluding hydrogens is 296 g/mol. The Labute approximate surface area is 145 Å². The molecule has 3 rings (SSSR count). The fraction of sp³-hybridized carbons (Fsp3) is 0.381. The molecule has 1 heterocycles. The van der Waals surface area contributed by atoms with Gasteiger partial charge in [-0.05, 0) is 32.0 Å². The lowest BCUT2D eigenvalue weighted by molar-refractivity contribution is 0.128. The fourth-order valence-corrected chi connectivity index (χ4v) is 2.92. The topological polar surface area (TPSA) is 24.8 Å². The highest BCUT2D eigenvalue weighted by Gasteiger charge is 2.27. The Morgan fingerprint density at radius 1 is 1.04 bits per heavy atom. The third kappa shape index (κ3) is 4.93. The number of nitrogens with zero attached hydrogens (tertiary/aromatic N) is 2. The van der Waals surface area contributed by atoms with Crippen molar-refractivity contribution in [1.82, 2.24) is 4.90 Å². The molecule has 0 spiro atoms. The summed E-state index contributed by atoms with van der Waals surface area (Å²) in [7, 11) is 2.16. The van der Waals surface area contributed by atoms with E-state index in [4.69, 9.17) is 4.84 Å². The number of rotatable bonds is 5. The van der Waals surface area contributed by atoms with Gasteiger partial charge in [-0.1, -0.05) is 79.7 Å². The van der Waals surface area contributed by atoms with Crippen LogP contribution in [0.2, 0.25) is 0 Å². The van der Waals surface area contributed by atoms with E-state index in [0.717, 1.165) is 29.8 Å². The van der Waals surface area contributed by atoms with Crippen molar-refractivity contribution in [3.05, 3.63) is 71.8 Å². The first-order chi connectivity index (χ1) is 11.8. The smallest absolute Gasteiger partial charge is 0.142 e. The molecule has 0 bridgehead atoms. The van der Waals surface area contributed by atoms with E-state index >= 15 is 0 Å². The molecule has 0 amide bonds. The Kier molecular flexibility index (Phi) is 7.50. The number of likely N-dealkylation sites (tertiary alicyclic amines) is 1. The average molecular weight is 324 g/mol. The van der Waals surface area contributed by atoms with Gasteiger partial charge in [0.05, 0.1) is 6.04 Å². The average Bonchev–Trinajstić information content (AvgIpc) is 3.08. The van der Waals surface area contributed by atoms with E-state index in [1.807, 2.05) is 38.1 Å². The van der Waals surface area contributed by atoms with Gasteiger partial charge in [-0.25, -0.2) is 0 Å². The normalized spacial score (nSPS) is 18.0. The highest BCUT2D eigenvalue weighted by atomic mass is 16.6. The first kappa shape index (κ1) is 18.2. The van der Waals surface area contributed by atoms with E-state index in [2.05, 4.69) is 53.5 Å². The van der Waals surface area contributed by atoms with Crippen molar-refractivity contribution in [3.63, 3.8) is 0 Å². The Balaban J connectivity index is 0.00000100. The first-order valence-electron chi connectivity index (χ1n) is 8.84. The molecule has 0 N–H and O–H groups in total. The van der Waals surface area contributed by atoms with Crippen LogP contribution in [0.15, 0.2) is 65.8 Å². The summed E-state index contributed by atoms with van der Waals surface area (Å²) in [5.74, 6) is 0. The summed E-state index contributed by atoms with van der Waals surface area (Å²) in [5, 5.41) is 4.50. The lowest BCUT2D eigenvalue weighted by atomic mass is 10.0. The van der Waals surface area contributed by atoms with Crippen LogP contribution >= 0.6 is 0 Å². The van der Waals surface area contributed by atoms with Crippen molar-refractivity contribution in [3.8, 4) is 0 Å². The van der Waals surface area contributed by atoms with Crippen molar-refractivity contribution < 1.29 is 4.84 Å². The Hall–Kier alpha value is -2.13. The molecule has 2 aromatic carbocycles. The molecule has 1 unspecified atom stereocenters. The minimum Gasteiger partial charge on any atom is -0.391 e. The van der Waals surface area contributed by atoms with Gasteiger partial charge in [-0.15, -0.1) is 0 Å². The monoisotopic (exact) mass is 324 g/mol. The van der Waals surface area contributed by atoms with Crippen molar-refractivity contribution >= 4 is 5.71 Å². The van der Waals surface area contributed by atoms with Gasteiger partial charge in [0.1, 0.15) is 12.3 Å². The van der Waals surface area contributed by atoms with Crippen molar-refractivity contribution in [2.24, 2.45) is 5.16 Å². The predicted octanol–water partition coefficient (Wildman–Crippen LogP) is 4.73. The van der Waals surface area contributed by atoms with Crippen LogP contribution in [0.3, 0.4) is 0 Å². The third-order valence-electron chi connectivity index (χ3n) is 4.14. The second kappa shape index (κ2) is 9.89. The van der Waals surface area contributed by atoms with Crippen LogP contribution in [-0.2, 0) is 11.4 Å². The van der Waals surface area contributed by atoms with Crippen LogP contribution < -0.4 is 0 Å². The molecule has 0 radical (unpaired) electrons. The standard InChI is InChI=1S/C19H22N2O.C2H6/c1-21-14-8-13-18(21)19(17-11-6-3-7-12-17)20-22-15-16-9-4-2-5-10-16;1-2/h2-7,9-12,18H,8,13-15H2,1H3;1-2H3. The molecule has 3 heteroatoms. The summed E-state index contributed by atoms with van der Waals surface area (Å²) >= 11 is 0. The van der Waals surface area contributed by atoms with E-state index in [9.17, 15) is 0 Å². The SMILES string of the molecule is CC.CN1CCCC1C(=NOCc1ccccc1)c1ccccc1. The fourth-order valence-electron chi connectivity index (χ4n) is 2.92. The Morgan fingerprint density at radius 2 is 1.67 bits per heavy atom. The van der Waals surface area contributed by atoms with Crippen molar-refractivity contribution in [2.45, 2.75) is 39.3 Å². The number of oxime groups is 1. The second-order valence-corrected chi connectivity index (χ2v) is 5.74. The summed E-state index contributed by atoms with van der Waals surface area (Å²) in [4.78, 5) is 8.02. The maximum Gasteiger partial charge on any atom is 0.142 e. The van der Waals surface area contributed by atoms with E-state index in [-0.39, 0.29) is 0 Å². The van der Waals surface area contributed by atoms with Gasteiger partial charge in [-0.2, -0.15) is 0 Å². The Bertz CT molecular complexity index is 610. The maximum atomic E-state index is 5.66. The van der Waals surface area contributed by atoms with E-state index in [0.29, 0.717) is 12.6 Å². The summed E-state index contributed by atoms with van der Waals surface area (Å²) < 4.78 is 0. The second-order valence-electron chi connectivity index (χ2n) is 5.74. The first-order valence-corrected chi connectivity index (χ1v) is 8.84. The number of benzene rings is 2. The molecule has 0 saturated carbocycles. The maximum absolute atomic E-state index is 5.66. The van der Waals surface area contributed by atoms with E-state index < -0.39 is 0 Å². The minimum absolute atomic E-state index is 0.346. The molecule has 1 atom stereocenters. The summed E-state index contributed by atoms with van der Waals surface area (Å²) in [6, 6.07) is 20.9. The van der Waals surface area contributed by atoms with Gasteiger partial charge in [0, 0.05) is 5.56 Å². The summed E-state index contributed by atoms with van der Waals surface area (Å²) in [6.07, 6.45) is 2.35. The zero-order valence-corrected chi connectivity index (χ0v) is 15.0. The summed E-state index contributed by atoms with van der Waals surface area (Å²) in [5.41, 5.74) is 3.32. The van der Waals surface area contributed by atoms with Crippen LogP contribution in [0.5, 0.6) is 0 Å². The van der Waals surface area contributed by atoms with Gasteiger partial charge in [-0.3, -0.25) is 4.90 Å². The largest absolute Gasteiger partial charge is 0.391 e.